The van der Waals surface area contributed by atoms with Gasteiger partial charge in [0.15, 0.2) is 0 Å². The summed E-state index contributed by atoms with van der Waals surface area (Å²) in [7, 11) is 1.30. The number of hydrogen-bond acceptors (Lipinski definition) is 6. The molecule has 0 spiro atoms. The van der Waals surface area contributed by atoms with Gasteiger partial charge in [-0.3, -0.25) is 4.21 Å². The van der Waals surface area contributed by atoms with Gasteiger partial charge in [-0.1, -0.05) is 13.0 Å². The predicted molar refractivity (Wildman–Crippen MR) is 79.0 cm³/mol. The van der Waals surface area contributed by atoms with Crippen LogP contribution in [0.4, 0.5) is 0 Å². The van der Waals surface area contributed by atoms with Gasteiger partial charge in [0.2, 0.25) is 0 Å². The van der Waals surface area contributed by atoms with Crippen LogP contribution in [0.25, 0.3) is 5.57 Å². The Kier molecular flexibility index (Phi) is 5.47. The van der Waals surface area contributed by atoms with Gasteiger partial charge >= 0.3 is 0 Å². The van der Waals surface area contributed by atoms with Crippen molar-refractivity contribution in [2.45, 2.75) is 13.3 Å². The molecule has 106 valence electrons. The van der Waals surface area contributed by atoms with Crippen LogP contribution in [0.1, 0.15) is 19.0 Å². The Morgan fingerprint density at radius 1 is 1.53 bits per heavy atom. The number of aromatic nitrogens is 2. The highest BCUT2D eigenvalue weighted by atomic mass is 32.2. The zero-order valence-corrected chi connectivity index (χ0v) is 12.9. The van der Waals surface area contributed by atoms with Crippen LogP contribution in [0.5, 0.6) is 5.88 Å². The summed E-state index contributed by atoms with van der Waals surface area (Å²) in [6.45, 7) is 4.30. The van der Waals surface area contributed by atoms with Crippen LogP contribution in [-0.4, -0.2) is 56.1 Å². The van der Waals surface area contributed by atoms with E-state index < -0.39 is 10.8 Å². The van der Waals surface area contributed by atoms with Crippen LogP contribution in [-0.2, 0) is 10.8 Å². The fourth-order valence-corrected chi connectivity index (χ4v) is 3.00. The topological polar surface area (TPSA) is 55.3 Å². The molecule has 7 heteroatoms. The first kappa shape index (κ1) is 14.6. The van der Waals surface area contributed by atoms with Crippen molar-refractivity contribution in [1.82, 2.24) is 13.6 Å². The average molecular weight is 301 g/mol. The van der Waals surface area contributed by atoms with Gasteiger partial charge in [0, 0.05) is 29.6 Å². The third kappa shape index (κ3) is 4.09. The highest BCUT2D eigenvalue weighted by molar-refractivity contribution is 7.84. The van der Waals surface area contributed by atoms with Crippen LogP contribution in [0.3, 0.4) is 0 Å². The van der Waals surface area contributed by atoms with Crippen LogP contribution in [0.2, 0.25) is 0 Å². The van der Waals surface area contributed by atoms with Gasteiger partial charge in [0.1, 0.15) is 12.3 Å². The zero-order chi connectivity index (χ0) is 13.7. The summed E-state index contributed by atoms with van der Waals surface area (Å²) in [6, 6.07) is 0. The molecule has 0 N–H and O–H groups in total. The summed E-state index contributed by atoms with van der Waals surface area (Å²) in [5.41, 5.74) is 2.02. The van der Waals surface area contributed by atoms with Gasteiger partial charge in [0.25, 0.3) is 5.88 Å². The van der Waals surface area contributed by atoms with Gasteiger partial charge in [-0.15, -0.1) is 4.37 Å². The van der Waals surface area contributed by atoms with Crippen molar-refractivity contribution in [3.63, 3.8) is 0 Å². The molecule has 1 aromatic heterocycles. The lowest BCUT2D eigenvalue weighted by atomic mass is 10.1. The van der Waals surface area contributed by atoms with E-state index in [2.05, 4.69) is 26.8 Å². The standard InChI is InChI=1S/C12H19N3O2S2/c1-3-19(16)8-7-17-12-11(13-18-14-12)10-5-4-6-15(2)9-10/h5H,3-4,6-9H2,1-2H3. The highest BCUT2D eigenvalue weighted by Crippen LogP contribution is 2.26. The van der Waals surface area contributed by atoms with E-state index in [9.17, 15) is 4.21 Å². The summed E-state index contributed by atoms with van der Waals surface area (Å²) in [5.74, 6) is 1.80. The summed E-state index contributed by atoms with van der Waals surface area (Å²) in [4.78, 5) is 2.25. The first-order valence-electron chi connectivity index (χ1n) is 6.39. The second-order valence-corrected chi connectivity index (χ2v) is 6.85. The van der Waals surface area contributed by atoms with Crippen molar-refractivity contribution in [2.75, 3.05) is 38.2 Å². The summed E-state index contributed by atoms with van der Waals surface area (Å²) < 4.78 is 25.5. The SMILES string of the molecule is CCS(=O)CCOc1nsnc1C1=CCCN(C)C1. The molecule has 1 aliphatic rings. The first-order chi connectivity index (χ1) is 9.20. The molecular weight excluding hydrogens is 282 g/mol. The van der Waals surface area contributed by atoms with Crippen molar-refractivity contribution in [3.05, 3.63) is 11.8 Å². The Morgan fingerprint density at radius 2 is 2.37 bits per heavy atom. The molecule has 5 nitrogen and oxygen atoms in total. The van der Waals surface area contributed by atoms with E-state index in [1.807, 2.05) is 6.92 Å². The third-order valence-electron chi connectivity index (χ3n) is 2.98. The number of hydrogen-bond donors (Lipinski definition) is 0. The molecule has 0 radical (unpaired) electrons. The fourth-order valence-electron chi connectivity index (χ4n) is 1.91. The molecule has 0 aromatic carbocycles. The molecule has 1 atom stereocenters. The predicted octanol–water partition coefficient (Wildman–Crippen LogP) is 1.40. The Hall–Kier alpha value is -0.790. The minimum absolute atomic E-state index is 0.433. The molecule has 0 bridgehead atoms. The molecule has 0 saturated heterocycles. The van der Waals surface area contributed by atoms with Crippen LogP contribution in [0.15, 0.2) is 6.08 Å². The normalized spacial score (nSPS) is 18.1. The van der Waals surface area contributed by atoms with Crippen molar-refractivity contribution in [2.24, 2.45) is 0 Å². The van der Waals surface area contributed by atoms with E-state index in [0.717, 1.165) is 25.2 Å². The molecule has 1 aliphatic heterocycles. The van der Waals surface area contributed by atoms with Gasteiger partial charge in [-0.05, 0) is 19.0 Å². The lowest BCUT2D eigenvalue weighted by Crippen LogP contribution is -2.25. The summed E-state index contributed by atoms with van der Waals surface area (Å²) in [6.07, 6.45) is 3.23. The molecule has 0 amide bonds. The van der Waals surface area contributed by atoms with Crippen LogP contribution < -0.4 is 4.74 Å². The molecule has 1 aromatic rings. The van der Waals surface area contributed by atoms with Crippen molar-refractivity contribution < 1.29 is 8.95 Å². The van der Waals surface area contributed by atoms with Crippen LogP contribution >= 0.6 is 11.7 Å². The lowest BCUT2D eigenvalue weighted by molar-refractivity contribution is 0.329. The Labute approximate surface area is 120 Å². The first-order valence-corrected chi connectivity index (χ1v) is 8.60. The molecule has 0 saturated carbocycles. The number of ether oxygens (including phenoxy) is 1. The lowest BCUT2D eigenvalue weighted by Gasteiger charge is -2.22. The smallest absolute Gasteiger partial charge is 0.253 e. The van der Waals surface area contributed by atoms with E-state index in [0.29, 0.717) is 24.0 Å². The maximum atomic E-state index is 11.3. The average Bonchev–Trinajstić information content (AvgIpc) is 2.87. The minimum atomic E-state index is -0.798. The summed E-state index contributed by atoms with van der Waals surface area (Å²) in [5, 5.41) is 0. The van der Waals surface area contributed by atoms with E-state index in [-0.39, 0.29) is 0 Å². The molecule has 2 rings (SSSR count). The molecule has 2 heterocycles. The molecule has 19 heavy (non-hydrogen) atoms. The number of likely N-dealkylation sites (N-methyl/N-ethyl adjacent to an activating group) is 1. The maximum absolute atomic E-state index is 11.3. The third-order valence-corrected chi connectivity index (χ3v) is 4.75. The van der Waals surface area contributed by atoms with E-state index in [4.69, 9.17) is 4.74 Å². The van der Waals surface area contributed by atoms with Gasteiger partial charge < -0.3 is 9.64 Å². The van der Waals surface area contributed by atoms with Crippen molar-refractivity contribution in [3.8, 4) is 5.88 Å². The molecule has 0 fully saturated rings. The van der Waals surface area contributed by atoms with E-state index in [1.165, 1.54) is 17.3 Å². The van der Waals surface area contributed by atoms with Crippen LogP contribution in [0, 0.1) is 0 Å². The maximum Gasteiger partial charge on any atom is 0.253 e. The quantitative estimate of drug-likeness (QED) is 0.795. The Bertz CT molecular complexity index is 473. The second-order valence-electron chi connectivity index (χ2n) is 4.45. The number of rotatable bonds is 6. The molecule has 0 aliphatic carbocycles. The Morgan fingerprint density at radius 3 is 3.11 bits per heavy atom. The fraction of sp³-hybridized carbons (Fsp3) is 0.667. The minimum Gasteiger partial charge on any atom is -0.475 e. The van der Waals surface area contributed by atoms with Crippen molar-refractivity contribution in [1.29, 1.82) is 0 Å². The van der Waals surface area contributed by atoms with Gasteiger partial charge in [-0.25, -0.2) is 0 Å². The monoisotopic (exact) mass is 301 g/mol. The second kappa shape index (κ2) is 7.12. The van der Waals surface area contributed by atoms with Gasteiger partial charge in [0.05, 0.1) is 17.5 Å². The van der Waals surface area contributed by atoms with Gasteiger partial charge in [-0.2, -0.15) is 4.37 Å². The highest BCUT2D eigenvalue weighted by Gasteiger charge is 2.18. The van der Waals surface area contributed by atoms with E-state index in [1.54, 1.807) is 0 Å². The van der Waals surface area contributed by atoms with Crippen molar-refractivity contribution >= 4 is 28.1 Å². The zero-order valence-electron chi connectivity index (χ0n) is 11.3. The summed E-state index contributed by atoms with van der Waals surface area (Å²) >= 11 is 1.17. The largest absolute Gasteiger partial charge is 0.475 e. The van der Waals surface area contributed by atoms with E-state index >= 15 is 0 Å². The number of nitrogens with zero attached hydrogens (tertiary/aromatic N) is 3. The molecule has 1 unspecified atom stereocenters. The molecular formula is C12H19N3O2S2. The Balaban J connectivity index is 1.97.